The highest BCUT2D eigenvalue weighted by Crippen LogP contribution is 2.27. The molecule has 1 aliphatic heterocycles. The first kappa shape index (κ1) is 22.9. The van der Waals surface area contributed by atoms with Gasteiger partial charge in [0.1, 0.15) is 17.0 Å². The van der Waals surface area contributed by atoms with Crippen molar-refractivity contribution >= 4 is 27.5 Å². The number of benzene rings is 2. The van der Waals surface area contributed by atoms with Gasteiger partial charge in [-0.05, 0) is 43.3 Å². The van der Waals surface area contributed by atoms with Crippen LogP contribution in [0.4, 0.5) is 4.39 Å². The molecule has 2 heterocycles. The van der Waals surface area contributed by atoms with Gasteiger partial charge < -0.3 is 4.90 Å². The molecule has 0 radical (unpaired) electrons. The number of nitrogens with zero attached hydrogens (tertiary/aromatic N) is 5. The third-order valence-corrected chi connectivity index (χ3v) is 7.75. The van der Waals surface area contributed by atoms with Gasteiger partial charge in [0.15, 0.2) is 0 Å². The SMILES string of the molecule is Cc1nn(-c2ccc(F)cc2)c(Cl)c1C(=O)N1CCN(S(=O)(=O)c2ccccc2C#N)CC1. The highest BCUT2D eigenvalue weighted by molar-refractivity contribution is 7.89. The van der Waals surface area contributed by atoms with Crippen LogP contribution in [0.5, 0.6) is 0 Å². The number of aromatic nitrogens is 2. The van der Waals surface area contributed by atoms with Crippen molar-refractivity contribution in [2.45, 2.75) is 11.8 Å². The monoisotopic (exact) mass is 487 g/mol. The lowest BCUT2D eigenvalue weighted by molar-refractivity contribution is 0.0697. The van der Waals surface area contributed by atoms with Crippen LogP contribution in [0.1, 0.15) is 21.6 Å². The Balaban J connectivity index is 1.53. The van der Waals surface area contributed by atoms with Gasteiger partial charge in [0.2, 0.25) is 10.0 Å². The number of hydrogen-bond donors (Lipinski definition) is 0. The number of hydrogen-bond acceptors (Lipinski definition) is 5. The second-order valence-electron chi connectivity index (χ2n) is 7.44. The Bertz CT molecular complexity index is 1360. The number of halogens is 2. The number of piperazine rings is 1. The lowest BCUT2D eigenvalue weighted by Crippen LogP contribution is -2.50. The topological polar surface area (TPSA) is 99.3 Å². The first-order valence-corrected chi connectivity index (χ1v) is 11.9. The van der Waals surface area contributed by atoms with E-state index in [4.69, 9.17) is 11.6 Å². The summed E-state index contributed by atoms with van der Waals surface area (Å²) in [6.45, 7) is 2.13. The van der Waals surface area contributed by atoms with E-state index in [0.717, 1.165) is 0 Å². The molecule has 1 fully saturated rings. The number of amides is 1. The molecule has 3 aromatic rings. The fourth-order valence-electron chi connectivity index (χ4n) is 3.71. The summed E-state index contributed by atoms with van der Waals surface area (Å²) >= 11 is 6.46. The molecule has 0 spiro atoms. The molecule has 1 saturated heterocycles. The molecule has 1 amide bonds. The van der Waals surface area contributed by atoms with Crippen molar-refractivity contribution < 1.29 is 17.6 Å². The minimum absolute atomic E-state index is 0.0493. The number of aryl methyl sites for hydroxylation is 1. The predicted octanol–water partition coefficient (Wildman–Crippen LogP) is 2.99. The molecule has 0 atom stereocenters. The van der Waals surface area contributed by atoms with Gasteiger partial charge in [-0.2, -0.15) is 14.7 Å². The molecule has 170 valence electrons. The van der Waals surface area contributed by atoms with Crippen molar-refractivity contribution in [1.82, 2.24) is 19.0 Å². The van der Waals surface area contributed by atoms with Crippen LogP contribution in [0, 0.1) is 24.1 Å². The summed E-state index contributed by atoms with van der Waals surface area (Å²) in [6, 6.07) is 13.5. The highest BCUT2D eigenvalue weighted by Gasteiger charge is 2.33. The molecule has 33 heavy (non-hydrogen) atoms. The van der Waals surface area contributed by atoms with Crippen molar-refractivity contribution in [3.63, 3.8) is 0 Å². The van der Waals surface area contributed by atoms with Crippen LogP contribution in [0.2, 0.25) is 5.15 Å². The predicted molar refractivity (Wildman–Crippen MR) is 119 cm³/mol. The molecule has 11 heteroatoms. The number of carbonyl (C=O) groups excluding carboxylic acids is 1. The van der Waals surface area contributed by atoms with Crippen LogP contribution in [0.3, 0.4) is 0 Å². The second kappa shape index (κ2) is 8.94. The maximum absolute atomic E-state index is 13.2. The average molecular weight is 488 g/mol. The first-order chi connectivity index (χ1) is 15.7. The molecule has 2 aromatic carbocycles. The number of carbonyl (C=O) groups is 1. The van der Waals surface area contributed by atoms with E-state index >= 15 is 0 Å². The summed E-state index contributed by atoms with van der Waals surface area (Å²) < 4.78 is 41.9. The van der Waals surface area contributed by atoms with Gasteiger partial charge in [-0.3, -0.25) is 4.79 Å². The van der Waals surface area contributed by atoms with E-state index in [1.54, 1.807) is 19.1 Å². The van der Waals surface area contributed by atoms with E-state index in [-0.39, 0.29) is 53.3 Å². The summed E-state index contributed by atoms with van der Waals surface area (Å²) in [5.41, 5.74) is 1.21. The third kappa shape index (κ3) is 4.23. The number of rotatable bonds is 4. The molecule has 8 nitrogen and oxygen atoms in total. The van der Waals surface area contributed by atoms with Crippen molar-refractivity contribution in [1.29, 1.82) is 5.26 Å². The maximum Gasteiger partial charge on any atom is 0.259 e. The fraction of sp³-hybridized carbons (Fsp3) is 0.227. The molecule has 0 aliphatic carbocycles. The van der Waals surface area contributed by atoms with E-state index in [2.05, 4.69) is 5.10 Å². The van der Waals surface area contributed by atoms with Crippen LogP contribution < -0.4 is 0 Å². The Morgan fingerprint density at radius 2 is 1.73 bits per heavy atom. The highest BCUT2D eigenvalue weighted by atomic mass is 35.5. The zero-order valence-corrected chi connectivity index (χ0v) is 19.1. The lowest BCUT2D eigenvalue weighted by atomic mass is 10.2. The molecule has 0 bridgehead atoms. The van der Waals surface area contributed by atoms with Crippen LogP contribution in [-0.2, 0) is 10.0 Å². The lowest BCUT2D eigenvalue weighted by Gasteiger charge is -2.34. The largest absolute Gasteiger partial charge is 0.336 e. The van der Waals surface area contributed by atoms with Gasteiger partial charge in [0.05, 0.1) is 27.4 Å². The van der Waals surface area contributed by atoms with Gasteiger partial charge in [-0.1, -0.05) is 23.7 Å². The minimum atomic E-state index is -3.87. The van der Waals surface area contributed by atoms with E-state index in [0.29, 0.717) is 11.4 Å². The summed E-state index contributed by atoms with van der Waals surface area (Å²) in [6.07, 6.45) is 0. The summed E-state index contributed by atoms with van der Waals surface area (Å²) in [7, 11) is -3.87. The standard InChI is InChI=1S/C22H19ClFN5O3S/c1-15-20(21(23)29(26-15)18-8-6-17(24)7-9-18)22(30)27-10-12-28(13-11-27)33(31,32)19-5-3-2-4-16(19)14-25/h2-9H,10-13H2,1H3. The number of sulfonamides is 1. The Morgan fingerprint density at radius 3 is 2.36 bits per heavy atom. The zero-order valence-electron chi connectivity index (χ0n) is 17.6. The fourth-order valence-corrected chi connectivity index (χ4v) is 5.63. The maximum atomic E-state index is 13.2. The molecule has 1 aliphatic rings. The summed E-state index contributed by atoms with van der Waals surface area (Å²) in [5.74, 6) is -0.763. The van der Waals surface area contributed by atoms with Crippen molar-refractivity contribution in [2.75, 3.05) is 26.2 Å². The molecule has 0 unspecified atom stereocenters. The van der Waals surface area contributed by atoms with Gasteiger partial charge in [0.25, 0.3) is 5.91 Å². The smallest absolute Gasteiger partial charge is 0.259 e. The Labute approximate surface area is 195 Å². The first-order valence-electron chi connectivity index (χ1n) is 10.0. The van der Waals surface area contributed by atoms with E-state index in [1.165, 1.54) is 50.3 Å². The molecule has 1 aromatic heterocycles. The molecule has 4 rings (SSSR count). The van der Waals surface area contributed by atoms with Gasteiger partial charge in [-0.25, -0.2) is 17.5 Å². The van der Waals surface area contributed by atoms with Crippen molar-refractivity contribution in [3.05, 3.63) is 76.3 Å². The van der Waals surface area contributed by atoms with Crippen LogP contribution in [0.25, 0.3) is 5.69 Å². The summed E-state index contributed by atoms with van der Waals surface area (Å²) in [5, 5.41) is 13.7. The van der Waals surface area contributed by atoms with Gasteiger partial charge >= 0.3 is 0 Å². The van der Waals surface area contributed by atoms with Crippen molar-refractivity contribution in [2.24, 2.45) is 0 Å². The van der Waals surface area contributed by atoms with Crippen molar-refractivity contribution in [3.8, 4) is 11.8 Å². The van der Waals surface area contributed by atoms with Gasteiger partial charge in [0, 0.05) is 26.2 Å². The Kier molecular flexibility index (Phi) is 6.21. The zero-order chi connectivity index (χ0) is 23.8. The number of nitriles is 1. The van der Waals surface area contributed by atoms with Gasteiger partial charge in [-0.15, -0.1) is 0 Å². The molecule has 0 saturated carbocycles. The normalized spacial score (nSPS) is 14.8. The second-order valence-corrected chi connectivity index (χ2v) is 9.71. The Morgan fingerprint density at radius 1 is 1.09 bits per heavy atom. The van der Waals surface area contributed by atoms with Crippen LogP contribution in [-0.4, -0.2) is 59.5 Å². The van der Waals surface area contributed by atoms with E-state index in [9.17, 15) is 22.9 Å². The van der Waals surface area contributed by atoms with Crippen LogP contribution in [0.15, 0.2) is 53.4 Å². The quantitative estimate of drug-likeness (QED) is 0.563. The van der Waals surface area contributed by atoms with E-state index < -0.39 is 15.8 Å². The molecule has 0 N–H and O–H groups in total. The molecular formula is C22H19ClFN5O3S. The van der Waals surface area contributed by atoms with E-state index in [1.807, 2.05) is 6.07 Å². The minimum Gasteiger partial charge on any atom is -0.336 e. The summed E-state index contributed by atoms with van der Waals surface area (Å²) in [4.78, 5) is 14.7. The molecular weight excluding hydrogens is 469 g/mol. The van der Waals surface area contributed by atoms with Crippen LogP contribution >= 0.6 is 11.6 Å². The Hall–Kier alpha value is -3.26. The third-order valence-electron chi connectivity index (χ3n) is 5.44. The average Bonchev–Trinajstić information content (AvgIpc) is 3.12.